The SMILES string of the molecule is C=C=CC(=O)Oc1ccc(Br)cc1/C=C/C(=O)OCC. The zero-order valence-electron chi connectivity index (χ0n) is 10.9. The average Bonchev–Trinajstić information content (AvgIpc) is 2.39. The van der Waals surface area contributed by atoms with Crippen LogP contribution < -0.4 is 4.74 Å². The van der Waals surface area contributed by atoms with Crippen LogP contribution in [0.15, 0.2) is 47.1 Å². The minimum atomic E-state index is -0.590. The first-order valence-corrected chi connectivity index (χ1v) is 6.58. The third kappa shape index (κ3) is 5.26. The van der Waals surface area contributed by atoms with Gasteiger partial charge in [0.05, 0.1) is 12.7 Å². The van der Waals surface area contributed by atoms with E-state index in [0.29, 0.717) is 17.9 Å². The number of hydrogen-bond donors (Lipinski definition) is 0. The fraction of sp³-hybridized carbons (Fsp3) is 0.133. The van der Waals surface area contributed by atoms with Crippen LogP contribution in [0.4, 0.5) is 0 Å². The summed E-state index contributed by atoms with van der Waals surface area (Å²) in [6.45, 7) is 5.32. The normalized spacial score (nSPS) is 9.90. The van der Waals surface area contributed by atoms with Gasteiger partial charge in [0.15, 0.2) is 0 Å². The Hall–Kier alpha value is -2.10. The van der Waals surface area contributed by atoms with Gasteiger partial charge in [0.2, 0.25) is 0 Å². The van der Waals surface area contributed by atoms with Gasteiger partial charge in [-0.15, -0.1) is 5.73 Å². The molecule has 0 saturated heterocycles. The second-order valence-corrected chi connectivity index (χ2v) is 4.45. The molecule has 1 rings (SSSR count). The maximum absolute atomic E-state index is 11.4. The number of benzene rings is 1. The second kappa shape index (κ2) is 8.15. The molecule has 0 radical (unpaired) electrons. The third-order valence-electron chi connectivity index (χ3n) is 2.09. The number of hydrogen-bond acceptors (Lipinski definition) is 4. The zero-order valence-corrected chi connectivity index (χ0v) is 12.5. The summed E-state index contributed by atoms with van der Waals surface area (Å²) in [7, 11) is 0. The molecule has 0 atom stereocenters. The third-order valence-corrected chi connectivity index (χ3v) is 2.58. The highest BCUT2D eigenvalue weighted by molar-refractivity contribution is 9.10. The molecule has 0 aromatic heterocycles. The first kappa shape index (κ1) is 16.0. The van der Waals surface area contributed by atoms with Crippen LogP contribution in [0.3, 0.4) is 0 Å². The van der Waals surface area contributed by atoms with Crippen LogP contribution in [0.5, 0.6) is 5.75 Å². The van der Waals surface area contributed by atoms with Gasteiger partial charge in [-0.25, -0.2) is 9.59 Å². The minimum Gasteiger partial charge on any atom is -0.463 e. The fourth-order valence-electron chi connectivity index (χ4n) is 1.31. The molecule has 4 nitrogen and oxygen atoms in total. The Balaban J connectivity index is 2.98. The van der Waals surface area contributed by atoms with Gasteiger partial charge in [-0.2, -0.15) is 0 Å². The Morgan fingerprint density at radius 2 is 2.15 bits per heavy atom. The Bertz CT molecular complexity index is 584. The number of esters is 2. The highest BCUT2D eigenvalue weighted by Gasteiger charge is 2.06. The average molecular weight is 337 g/mol. The van der Waals surface area contributed by atoms with Crippen LogP contribution in [0.2, 0.25) is 0 Å². The molecule has 0 aliphatic rings. The lowest BCUT2D eigenvalue weighted by Gasteiger charge is -2.06. The first-order valence-electron chi connectivity index (χ1n) is 5.79. The van der Waals surface area contributed by atoms with Crippen molar-refractivity contribution in [3.05, 3.63) is 52.7 Å². The van der Waals surface area contributed by atoms with Gasteiger partial charge in [0, 0.05) is 16.1 Å². The lowest BCUT2D eigenvalue weighted by Crippen LogP contribution is -2.04. The van der Waals surface area contributed by atoms with E-state index in [-0.39, 0.29) is 0 Å². The summed E-state index contributed by atoms with van der Waals surface area (Å²) >= 11 is 3.31. The first-order chi connectivity index (χ1) is 9.56. The molecular formula is C15H13BrO4. The van der Waals surface area contributed by atoms with Gasteiger partial charge in [0.25, 0.3) is 0 Å². The van der Waals surface area contributed by atoms with Crippen LogP contribution in [0, 0.1) is 0 Å². The molecule has 0 spiro atoms. The van der Waals surface area contributed by atoms with Crippen LogP contribution >= 0.6 is 15.9 Å². The van der Waals surface area contributed by atoms with Crippen molar-refractivity contribution in [2.45, 2.75) is 6.92 Å². The zero-order chi connectivity index (χ0) is 15.0. The van der Waals surface area contributed by atoms with Crippen LogP contribution in [-0.2, 0) is 14.3 Å². The molecule has 0 heterocycles. The Morgan fingerprint density at radius 1 is 1.40 bits per heavy atom. The highest BCUT2D eigenvalue weighted by Crippen LogP contribution is 2.24. The van der Waals surface area contributed by atoms with Gasteiger partial charge < -0.3 is 9.47 Å². The molecule has 0 aliphatic heterocycles. The van der Waals surface area contributed by atoms with E-state index < -0.39 is 11.9 Å². The molecule has 0 aliphatic carbocycles. The summed E-state index contributed by atoms with van der Waals surface area (Å²) in [5, 5.41) is 0. The molecule has 104 valence electrons. The monoisotopic (exact) mass is 336 g/mol. The molecule has 0 saturated carbocycles. The van der Waals surface area contributed by atoms with Crippen LogP contribution in [0.1, 0.15) is 12.5 Å². The summed E-state index contributed by atoms with van der Waals surface area (Å²) < 4.78 is 10.7. The Morgan fingerprint density at radius 3 is 2.80 bits per heavy atom. The fourth-order valence-corrected chi connectivity index (χ4v) is 1.69. The van der Waals surface area contributed by atoms with Crippen molar-refractivity contribution >= 4 is 33.9 Å². The number of ether oxygens (including phenoxy) is 2. The molecule has 0 bridgehead atoms. The van der Waals surface area contributed by atoms with Crippen molar-refractivity contribution in [2.75, 3.05) is 6.61 Å². The lowest BCUT2D eigenvalue weighted by atomic mass is 10.2. The summed E-state index contributed by atoms with van der Waals surface area (Å²) in [4.78, 5) is 22.7. The summed E-state index contributed by atoms with van der Waals surface area (Å²) in [6.07, 6.45) is 3.87. The van der Waals surface area contributed by atoms with Crippen molar-refractivity contribution in [1.82, 2.24) is 0 Å². The topological polar surface area (TPSA) is 52.6 Å². The number of rotatable bonds is 5. The molecular weight excluding hydrogens is 324 g/mol. The van der Waals surface area contributed by atoms with E-state index in [2.05, 4.69) is 28.2 Å². The van der Waals surface area contributed by atoms with Gasteiger partial charge >= 0.3 is 11.9 Å². The Labute approximate surface area is 125 Å². The van der Waals surface area contributed by atoms with Gasteiger partial charge in [-0.1, -0.05) is 22.5 Å². The highest BCUT2D eigenvalue weighted by atomic mass is 79.9. The van der Waals surface area contributed by atoms with E-state index in [1.807, 2.05) is 0 Å². The van der Waals surface area contributed by atoms with Crippen molar-refractivity contribution in [3.8, 4) is 5.75 Å². The number of halogens is 1. The van der Waals surface area contributed by atoms with Gasteiger partial charge in [-0.3, -0.25) is 0 Å². The van der Waals surface area contributed by atoms with E-state index in [1.54, 1.807) is 25.1 Å². The van der Waals surface area contributed by atoms with Crippen molar-refractivity contribution < 1.29 is 19.1 Å². The predicted octanol–water partition coefficient (Wildman–Crippen LogP) is 3.27. The second-order valence-electron chi connectivity index (χ2n) is 3.54. The summed E-state index contributed by atoms with van der Waals surface area (Å²) in [6, 6.07) is 5.06. The van der Waals surface area contributed by atoms with Crippen molar-refractivity contribution in [1.29, 1.82) is 0 Å². The maximum Gasteiger partial charge on any atom is 0.343 e. The quantitative estimate of drug-likeness (QED) is 0.358. The maximum atomic E-state index is 11.4. The van der Waals surface area contributed by atoms with E-state index in [1.165, 1.54) is 12.2 Å². The minimum absolute atomic E-state index is 0.299. The molecule has 1 aromatic rings. The standard InChI is InChI=1S/C15H13BrO4/c1-3-5-15(18)20-13-8-7-12(16)10-11(13)6-9-14(17)19-4-2/h5-10H,1,4H2,2H3/b9-6+. The molecule has 0 unspecified atom stereocenters. The summed E-state index contributed by atoms with van der Waals surface area (Å²) in [5.74, 6) is -0.728. The van der Waals surface area contributed by atoms with Gasteiger partial charge in [-0.05, 0) is 31.2 Å². The largest absolute Gasteiger partial charge is 0.463 e. The van der Waals surface area contributed by atoms with E-state index in [4.69, 9.17) is 9.47 Å². The van der Waals surface area contributed by atoms with Crippen molar-refractivity contribution in [2.24, 2.45) is 0 Å². The molecule has 5 heteroatoms. The van der Waals surface area contributed by atoms with Gasteiger partial charge in [0.1, 0.15) is 5.75 Å². The van der Waals surface area contributed by atoms with Crippen molar-refractivity contribution in [3.63, 3.8) is 0 Å². The lowest BCUT2D eigenvalue weighted by molar-refractivity contribution is -0.137. The number of carbonyl (C=O) groups excluding carboxylic acids is 2. The number of carbonyl (C=O) groups is 2. The predicted molar refractivity (Wildman–Crippen MR) is 79.2 cm³/mol. The summed E-state index contributed by atoms with van der Waals surface area (Å²) in [5.41, 5.74) is 2.90. The molecule has 0 amide bonds. The van der Waals surface area contributed by atoms with E-state index >= 15 is 0 Å². The van der Waals surface area contributed by atoms with Crippen LogP contribution in [0.25, 0.3) is 6.08 Å². The molecule has 0 fully saturated rings. The van der Waals surface area contributed by atoms with E-state index in [0.717, 1.165) is 10.5 Å². The van der Waals surface area contributed by atoms with E-state index in [9.17, 15) is 9.59 Å². The smallest absolute Gasteiger partial charge is 0.343 e. The Kier molecular flexibility index (Phi) is 6.50. The molecule has 1 aromatic carbocycles. The van der Waals surface area contributed by atoms with Crippen LogP contribution in [-0.4, -0.2) is 18.5 Å². The molecule has 20 heavy (non-hydrogen) atoms. The molecule has 0 N–H and O–H groups in total.